The molecule has 0 spiro atoms. The number of pyridine rings is 1. The van der Waals surface area contributed by atoms with E-state index in [1.807, 2.05) is 0 Å². The van der Waals surface area contributed by atoms with E-state index in [9.17, 15) is 9.50 Å². The lowest BCUT2D eigenvalue weighted by Gasteiger charge is -2.26. The van der Waals surface area contributed by atoms with Gasteiger partial charge in [-0.1, -0.05) is 51.6 Å². The number of benzene rings is 1. The number of nitrogens with one attached hydrogen (secondary N) is 1. The predicted molar refractivity (Wildman–Crippen MR) is 117 cm³/mol. The van der Waals surface area contributed by atoms with Crippen molar-refractivity contribution in [3.05, 3.63) is 65.0 Å². The Morgan fingerprint density at radius 2 is 1.69 bits per heavy atom. The SMILES string of the molecule is CC(C)c1nc(C(C)C)c(C(C)Sc2ncc[nH]2)c(-c2ccc(F)cc2)c1CO. The van der Waals surface area contributed by atoms with Crippen LogP contribution in [0.2, 0.25) is 0 Å². The molecular weight excluding hydrogens is 385 g/mol. The lowest BCUT2D eigenvalue weighted by atomic mass is 9.86. The van der Waals surface area contributed by atoms with Gasteiger partial charge in [0.2, 0.25) is 0 Å². The van der Waals surface area contributed by atoms with Crippen molar-refractivity contribution < 1.29 is 9.50 Å². The zero-order valence-corrected chi connectivity index (χ0v) is 18.3. The molecule has 1 atom stereocenters. The van der Waals surface area contributed by atoms with Crippen LogP contribution in [0.25, 0.3) is 11.1 Å². The van der Waals surface area contributed by atoms with Crippen LogP contribution in [0.4, 0.5) is 4.39 Å². The molecule has 4 nitrogen and oxygen atoms in total. The molecule has 0 aliphatic rings. The molecule has 0 saturated carbocycles. The molecule has 6 heteroatoms. The normalized spacial score (nSPS) is 12.7. The Morgan fingerprint density at radius 3 is 2.21 bits per heavy atom. The van der Waals surface area contributed by atoms with Crippen LogP contribution in [-0.2, 0) is 6.61 Å². The second-order valence-corrected chi connectivity index (χ2v) is 9.11. The van der Waals surface area contributed by atoms with Crippen LogP contribution in [0.3, 0.4) is 0 Å². The number of imidazole rings is 1. The number of thioether (sulfide) groups is 1. The number of aromatic amines is 1. The summed E-state index contributed by atoms with van der Waals surface area (Å²) < 4.78 is 13.6. The Balaban J connectivity index is 2.31. The fourth-order valence-electron chi connectivity index (χ4n) is 3.65. The van der Waals surface area contributed by atoms with Crippen LogP contribution in [0, 0.1) is 5.82 Å². The van der Waals surface area contributed by atoms with Gasteiger partial charge in [0.25, 0.3) is 0 Å². The Hall–Kier alpha value is -2.18. The minimum Gasteiger partial charge on any atom is -0.392 e. The average molecular weight is 414 g/mol. The van der Waals surface area contributed by atoms with Gasteiger partial charge in [-0.25, -0.2) is 9.37 Å². The van der Waals surface area contributed by atoms with Gasteiger partial charge in [-0.05, 0) is 47.6 Å². The Bertz CT molecular complexity index is 953. The summed E-state index contributed by atoms with van der Waals surface area (Å²) in [5.74, 6) is 0.0890. The summed E-state index contributed by atoms with van der Waals surface area (Å²) in [6.45, 7) is 10.4. The molecule has 0 aliphatic heterocycles. The van der Waals surface area contributed by atoms with E-state index in [1.54, 1.807) is 36.3 Å². The third-order valence-electron chi connectivity index (χ3n) is 4.95. The number of nitrogens with zero attached hydrogens (tertiary/aromatic N) is 2. The molecule has 0 amide bonds. The zero-order valence-electron chi connectivity index (χ0n) is 17.5. The number of halogens is 1. The highest BCUT2D eigenvalue weighted by Crippen LogP contribution is 2.44. The number of aliphatic hydroxyl groups excluding tert-OH is 1. The molecule has 1 aromatic carbocycles. The van der Waals surface area contributed by atoms with E-state index < -0.39 is 0 Å². The van der Waals surface area contributed by atoms with Crippen molar-refractivity contribution in [1.29, 1.82) is 0 Å². The van der Waals surface area contributed by atoms with E-state index in [0.717, 1.165) is 38.8 Å². The quantitative estimate of drug-likeness (QED) is 0.453. The van der Waals surface area contributed by atoms with Gasteiger partial charge in [0, 0.05) is 34.6 Å². The maximum absolute atomic E-state index is 13.6. The maximum Gasteiger partial charge on any atom is 0.165 e. The van der Waals surface area contributed by atoms with Gasteiger partial charge in [-0.3, -0.25) is 4.98 Å². The van der Waals surface area contributed by atoms with E-state index in [1.165, 1.54) is 12.1 Å². The summed E-state index contributed by atoms with van der Waals surface area (Å²) in [7, 11) is 0. The second kappa shape index (κ2) is 9.09. The standard InChI is InChI=1S/C23H28FN3OS/c1-13(2)21-18(12-28)20(16-6-8-17(24)9-7-16)19(22(27-21)14(3)4)15(5)29-23-25-10-11-26-23/h6-11,13-15,28H,12H2,1-5H3,(H,25,26). The van der Waals surface area contributed by atoms with Crippen molar-refractivity contribution in [2.45, 2.75) is 63.5 Å². The third kappa shape index (κ3) is 4.54. The first kappa shape index (κ1) is 21.5. The fraction of sp³-hybridized carbons (Fsp3) is 0.391. The Kier molecular flexibility index (Phi) is 6.75. The monoisotopic (exact) mass is 413 g/mol. The van der Waals surface area contributed by atoms with E-state index in [-0.39, 0.29) is 29.5 Å². The van der Waals surface area contributed by atoms with Crippen LogP contribution in [-0.4, -0.2) is 20.1 Å². The molecule has 3 aromatic rings. The summed E-state index contributed by atoms with van der Waals surface area (Å²) in [5.41, 5.74) is 5.65. The van der Waals surface area contributed by atoms with Gasteiger partial charge in [0.15, 0.2) is 5.16 Å². The first-order chi connectivity index (χ1) is 13.8. The van der Waals surface area contributed by atoms with Crippen LogP contribution >= 0.6 is 11.8 Å². The van der Waals surface area contributed by atoms with Crippen molar-refractivity contribution in [3.63, 3.8) is 0 Å². The van der Waals surface area contributed by atoms with Crippen LogP contribution in [0.15, 0.2) is 41.8 Å². The minimum atomic E-state index is -0.277. The van der Waals surface area contributed by atoms with Gasteiger partial charge in [0.05, 0.1) is 6.61 Å². The first-order valence-corrected chi connectivity index (χ1v) is 10.8. The summed E-state index contributed by atoms with van der Waals surface area (Å²) in [5, 5.41) is 11.2. The summed E-state index contributed by atoms with van der Waals surface area (Å²) in [6, 6.07) is 6.50. The van der Waals surface area contributed by atoms with Crippen molar-refractivity contribution in [2.24, 2.45) is 0 Å². The number of aliphatic hydroxyl groups is 1. The van der Waals surface area contributed by atoms with E-state index in [4.69, 9.17) is 4.98 Å². The fourth-order valence-corrected chi connectivity index (χ4v) is 4.60. The highest BCUT2D eigenvalue weighted by atomic mass is 32.2. The Labute approximate surface area is 176 Å². The molecular formula is C23H28FN3OS. The highest BCUT2D eigenvalue weighted by molar-refractivity contribution is 7.99. The van der Waals surface area contributed by atoms with Gasteiger partial charge < -0.3 is 10.1 Å². The van der Waals surface area contributed by atoms with Crippen molar-refractivity contribution in [2.75, 3.05) is 0 Å². The molecule has 0 saturated heterocycles. The van der Waals surface area contributed by atoms with E-state index in [2.05, 4.69) is 44.6 Å². The molecule has 2 heterocycles. The number of aromatic nitrogens is 3. The van der Waals surface area contributed by atoms with Gasteiger partial charge >= 0.3 is 0 Å². The number of hydrogen-bond acceptors (Lipinski definition) is 4. The molecule has 154 valence electrons. The predicted octanol–water partition coefficient (Wildman–Crippen LogP) is 6.20. The van der Waals surface area contributed by atoms with Crippen LogP contribution in [0.1, 0.15) is 74.2 Å². The van der Waals surface area contributed by atoms with Crippen molar-refractivity contribution in [3.8, 4) is 11.1 Å². The molecule has 0 aliphatic carbocycles. The van der Waals surface area contributed by atoms with Crippen LogP contribution in [0.5, 0.6) is 0 Å². The summed E-state index contributed by atoms with van der Waals surface area (Å²) >= 11 is 1.62. The molecule has 1 unspecified atom stereocenters. The number of hydrogen-bond donors (Lipinski definition) is 2. The molecule has 29 heavy (non-hydrogen) atoms. The van der Waals surface area contributed by atoms with Crippen LogP contribution < -0.4 is 0 Å². The average Bonchev–Trinajstić information content (AvgIpc) is 3.19. The lowest BCUT2D eigenvalue weighted by Crippen LogP contribution is -2.13. The minimum absolute atomic E-state index is 0.0395. The molecule has 0 fully saturated rings. The summed E-state index contributed by atoms with van der Waals surface area (Å²) in [4.78, 5) is 12.5. The molecule has 3 rings (SSSR count). The number of H-pyrrole nitrogens is 1. The van der Waals surface area contributed by atoms with E-state index in [0.29, 0.717) is 0 Å². The van der Waals surface area contributed by atoms with Crippen molar-refractivity contribution >= 4 is 11.8 Å². The zero-order chi connectivity index (χ0) is 21.1. The second-order valence-electron chi connectivity index (χ2n) is 7.78. The van der Waals surface area contributed by atoms with E-state index >= 15 is 0 Å². The summed E-state index contributed by atoms with van der Waals surface area (Å²) in [6.07, 6.45) is 3.54. The Morgan fingerprint density at radius 1 is 1.03 bits per heavy atom. The molecule has 2 aromatic heterocycles. The molecule has 2 N–H and O–H groups in total. The largest absolute Gasteiger partial charge is 0.392 e. The smallest absolute Gasteiger partial charge is 0.165 e. The number of rotatable bonds is 7. The maximum atomic E-state index is 13.6. The highest BCUT2D eigenvalue weighted by Gasteiger charge is 2.27. The lowest BCUT2D eigenvalue weighted by molar-refractivity contribution is 0.279. The van der Waals surface area contributed by atoms with Gasteiger partial charge in [-0.15, -0.1) is 0 Å². The first-order valence-electron chi connectivity index (χ1n) is 9.92. The molecule has 0 bridgehead atoms. The van der Waals surface area contributed by atoms with Gasteiger partial charge in [-0.2, -0.15) is 0 Å². The third-order valence-corrected chi connectivity index (χ3v) is 5.99. The van der Waals surface area contributed by atoms with Gasteiger partial charge in [0.1, 0.15) is 5.82 Å². The van der Waals surface area contributed by atoms with Crippen molar-refractivity contribution in [1.82, 2.24) is 15.0 Å². The molecule has 0 radical (unpaired) electrons. The topological polar surface area (TPSA) is 61.8 Å².